The van der Waals surface area contributed by atoms with Crippen LogP contribution < -0.4 is 5.32 Å². The number of rotatable bonds is 6. The SMILES string of the molecule is Cc1ccsc1CNCCSc1nnnn1C.Cl. The first-order valence-electron chi connectivity index (χ1n) is 5.36. The van der Waals surface area contributed by atoms with Gasteiger partial charge in [0.1, 0.15) is 0 Å². The van der Waals surface area contributed by atoms with Crippen LogP contribution in [0.25, 0.3) is 0 Å². The average molecular weight is 306 g/mol. The number of thiophene rings is 1. The lowest BCUT2D eigenvalue weighted by Gasteiger charge is -2.03. The fourth-order valence-corrected chi connectivity index (χ4v) is 2.97. The number of halogens is 1. The Labute approximate surface area is 121 Å². The highest BCUT2D eigenvalue weighted by Gasteiger charge is 2.02. The minimum Gasteiger partial charge on any atom is -0.311 e. The molecule has 0 bridgehead atoms. The highest BCUT2D eigenvalue weighted by atomic mass is 35.5. The standard InChI is InChI=1S/C10H15N5S2.ClH/c1-8-3-5-16-9(8)7-11-4-6-17-10-12-13-14-15(10)2;/h3,5,11H,4,6-7H2,1-2H3;1H. The number of hydrogen-bond acceptors (Lipinski definition) is 6. The Morgan fingerprint density at radius 2 is 2.33 bits per heavy atom. The van der Waals surface area contributed by atoms with Crippen molar-refractivity contribution in [3.8, 4) is 0 Å². The highest BCUT2D eigenvalue weighted by Crippen LogP contribution is 2.15. The van der Waals surface area contributed by atoms with Crippen molar-refractivity contribution in [3.63, 3.8) is 0 Å². The maximum Gasteiger partial charge on any atom is 0.209 e. The Bertz CT molecular complexity index is 428. The average Bonchev–Trinajstić information content (AvgIpc) is 2.89. The van der Waals surface area contributed by atoms with Crippen molar-refractivity contribution in [1.82, 2.24) is 25.5 Å². The van der Waals surface area contributed by atoms with Gasteiger partial charge in [-0.15, -0.1) is 28.8 Å². The summed E-state index contributed by atoms with van der Waals surface area (Å²) in [7, 11) is 1.85. The zero-order valence-electron chi connectivity index (χ0n) is 10.3. The Kier molecular flexibility index (Phi) is 6.62. The van der Waals surface area contributed by atoms with Crippen molar-refractivity contribution in [2.45, 2.75) is 18.6 Å². The van der Waals surface area contributed by atoms with E-state index >= 15 is 0 Å². The van der Waals surface area contributed by atoms with Gasteiger partial charge in [-0.2, -0.15) is 0 Å². The fraction of sp³-hybridized carbons (Fsp3) is 0.500. The van der Waals surface area contributed by atoms with E-state index in [2.05, 4.69) is 39.2 Å². The van der Waals surface area contributed by atoms with E-state index in [0.29, 0.717) is 0 Å². The summed E-state index contributed by atoms with van der Waals surface area (Å²) in [5.41, 5.74) is 1.37. The molecule has 0 saturated carbocycles. The summed E-state index contributed by atoms with van der Waals surface area (Å²) in [6.07, 6.45) is 0. The van der Waals surface area contributed by atoms with Crippen LogP contribution in [0.1, 0.15) is 10.4 Å². The quantitative estimate of drug-likeness (QED) is 0.652. The van der Waals surface area contributed by atoms with E-state index < -0.39 is 0 Å². The maximum absolute atomic E-state index is 3.92. The summed E-state index contributed by atoms with van der Waals surface area (Å²) < 4.78 is 1.69. The molecular formula is C10H16ClN5S2. The van der Waals surface area contributed by atoms with Crippen molar-refractivity contribution >= 4 is 35.5 Å². The van der Waals surface area contributed by atoms with Crippen LogP contribution in [0, 0.1) is 6.92 Å². The molecule has 8 heteroatoms. The number of nitrogens with zero attached hydrogens (tertiary/aromatic N) is 4. The lowest BCUT2D eigenvalue weighted by atomic mass is 10.3. The van der Waals surface area contributed by atoms with Crippen LogP contribution in [0.5, 0.6) is 0 Å². The molecule has 0 saturated heterocycles. The molecule has 100 valence electrons. The second-order valence-electron chi connectivity index (χ2n) is 3.64. The first-order chi connectivity index (χ1) is 8.27. The highest BCUT2D eigenvalue weighted by molar-refractivity contribution is 7.99. The van der Waals surface area contributed by atoms with Gasteiger partial charge < -0.3 is 5.32 Å². The van der Waals surface area contributed by atoms with Crippen LogP contribution in [-0.2, 0) is 13.6 Å². The molecule has 0 spiro atoms. The van der Waals surface area contributed by atoms with E-state index in [-0.39, 0.29) is 12.4 Å². The van der Waals surface area contributed by atoms with Gasteiger partial charge in [0.15, 0.2) is 0 Å². The zero-order chi connectivity index (χ0) is 12.1. The number of aromatic nitrogens is 4. The van der Waals surface area contributed by atoms with Crippen molar-refractivity contribution in [2.75, 3.05) is 12.3 Å². The summed E-state index contributed by atoms with van der Waals surface area (Å²) in [6, 6.07) is 2.15. The molecular weight excluding hydrogens is 290 g/mol. The maximum atomic E-state index is 3.92. The molecule has 0 aliphatic heterocycles. The van der Waals surface area contributed by atoms with Crippen LogP contribution in [0.3, 0.4) is 0 Å². The second kappa shape index (κ2) is 7.73. The van der Waals surface area contributed by atoms with Crippen LogP contribution >= 0.6 is 35.5 Å². The van der Waals surface area contributed by atoms with Gasteiger partial charge in [-0.1, -0.05) is 11.8 Å². The molecule has 0 amide bonds. The Balaban J connectivity index is 0.00000162. The molecule has 0 fully saturated rings. The minimum atomic E-state index is 0. The van der Waals surface area contributed by atoms with Crippen LogP contribution in [0.4, 0.5) is 0 Å². The molecule has 0 radical (unpaired) electrons. The van der Waals surface area contributed by atoms with Gasteiger partial charge in [0.25, 0.3) is 0 Å². The summed E-state index contributed by atoms with van der Waals surface area (Å²) >= 11 is 3.46. The third kappa shape index (κ3) is 4.24. The molecule has 0 aliphatic rings. The lowest BCUT2D eigenvalue weighted by Crippen LogP contribution is -2.16. The van der Waals surface area contributed by atoms with E-state index in [1.807, 2.05) is 7.05 Å². The van der Waals surface area contributed by atoms with Crippen molar-refractivity contribution in [1.29, 1.82) is 0 Å². The predicted molar refractivity (Wildman–Crippen MR) is 77.5 cm³/mol. The zero-order valence-corrected chi connectivity index (χ0v) is 12.7. The van der Waals surface area contributed by atoms with Gasteiger partial charge in [0.2, 0.25) is 5.16 Å². The third-order valence-corrected chi connectivity index (χ3v) is 4.38. The summed E-state index contributed by atoms with van der Waals surface area (Å²) in [4.78, 5) is 1.41. The predicted octanol–water partition coefficient (Wildman–Crippen LogP) is 1.88. The molecule has 2 rings (SSSR count). The van der Waals surface area contributed by atoms with Crippen molar-refractivity contribution < 1.29 is 0 Å². The number of thioether (sulfide) groups is 1. The number of hydrogen-bond donors (Lipinski definition) is 1. The van der Waals surface area contributed by atoms with Gasteiger partial charge in [-0.05, 0) is 34.4 Å². The number of nitrogens with one attached hydrogen (secondary N) is 1. The topological polar surface area (TPSA) is 55.6 Å². The van der Waals surface area contributed by atoms with Gasteiger partial charge >= 0.3 is 0 Å². The van der Waals surface area contributed by atoms with Crippen LogP contribution in [-0.4, -0.2) is 32.5 Å². The van der Waals surface area contributed by atoms with Crippen LogP contribution in [0.15, 0.2) is 16.6 Å². The van der Waals surface area contributed by atoms with E-state index in [9.17, 15) is 0 Å². The van der Waals surface area contributed by atoms with Crippen molar-refractivity contribution in [3.05, 3.63) is 21.9 Å². The van der Waals surface area contributed by atoms with E-state index in [1.54, 1.807) is 27.8 Å². The monoisotopic (exact) mass is 305 g/mol. The van der Waals surface area contributed by atoms with Gasteiger partial charge in [0.05, 0.1) is 0 Å². The molecule has 5 nitrogen and oxygen atoms in total. The molecule has 2 heterocycles. The molecule has 0 unspecified atom stereocenters. The molecule has 2 aromatic heterocycles. The molecule has 1 N–H and O–H groups in total. The molecule has 18 heavy (non-hydrogen) atoms. The Morgan fingerprint density at radius 1 is 1.50 bits per heavy atom. The van der Waals surface area contributed by atoms with Gasteiger partial charge in [0, 0.05) is 30.8 Å². The van der Waals surface area contributed by atoms with E-state index in [0.717, 1.165) is 24.0 Å². The minimum absolute atomic E-state index is 0. The van der Waals surface area contributed by atoms with Gasteiger partial charge in [-0.3, -0.25) is 0 Å². The van der Waals surface area contributed by atoms with E-state index in [4.69, 9.17) is 0 Å². The smallest absolute Gasteiger partial charge is 0.209 e. The Morgan fingerprint density at radius 3 is 2.94 bits per heavy atom. The first kappa shape index (κ1) is 15.4. The molecule has 2 aromatic rings. The van der Waals surface area contributed by atoms with E-state index in [1.165, 1.54) is 10.4 Å². The fourth-order valence-electron chi connectivity index (χ4n) is 1.35. The largest absolute Gasteiger partial charge is 0.311 e. The summed E-state index contributed by atoms with van der Waals surface area (Å²) in [5, 5.41) is 17.7. The number of tetrazole rings is 1. The molecule has 0 aliphatic carbocycles. The molecule has 0 aromatic carbocycles. The molecule has 0 atom stereocenters. The Hall–Kier alpha value is -0.630. The van der Waals surface area contributed by atoms with Crippen LogP contribution in [0.2, 0.25) is 0 Å². The first-order valence-corrected chi connectivity index (χ1v) is 7.22. The van der Waals surface area contributed by atoms with Gasteiger partial charge in [-0.25, -0.2) is 4.68 Å². The number of aryl methyl sites for hydroxylation is 2. The summed E-state index contributed by atoms with van der Waals surface area (Å²) in [6.45, 7) is 4.05. The lowest BCUT2D eigenvalue weighted by molar-refractivity contribution is 0.663. The normalized spacial score (nSPS) is 10.3. The van der Waals surface area contributed by atoms with Crippen molar-refractivity contribution in [2.24, 2.45) is 7.05 Å². The summed E-state index contributed by atoms with van der Waals surface area (Å²) in [5.74, 6) is 0.971. The second-order valence-corrected chi connectivity index (χ2v) is 5.70. The third-order valence-electron chi connectivity index (χ3n) is 2.34.